The Morgan fingerprint density at radius 2 is 1.75 bits per heavy atom. The summed E-state index contributed by atoms with van der Waals surface area (Å²) < 4.78 is 10.2. The van der Waals surface area contributed by atoms with Gasteiger partial charge in [0.1, 0.15) is 6.10 Å². The van der Waals surface area contributed by atoms with Crippen LogP contribution in [0.2, 0.25) is 0 Å². The van der Waals surface area contributed by atoms with E-state index in [1.54, 1.807) is 7.11 Å². The molecule has 3 heteroatoms. The predicted molar refractivity (Wildman–Crippen MR) is 48.1 cm³/mol. The molecule has 0 aliphatic rings. The number of rotatable bonds is 6. The van der Waals surface area contributed by atoms with Crippen LogP contribution < -0.4 is 0 Å². The molecule has 0 bridgehead atoms. The summed E-state index contributed by atoms with van der Waals surface area (Å²) in [6.07, 6.45) is -0.312. The highest BCUT2D eigenvalue weighted by molar-refractivity contribution is 4.57. The van der Waals surface area contributed by atoms with Crippen molar-refractivity contribution in [3.05, 3.63) is 0 Å². The lowest BCUT2D eigenvalue weighted by Gasteiger charge is -2.18. The van der Waals surface area contributed by atoms with Crippen molar-refractivity contribution in [2.75, 3.05) is 20.3 Å². The van der Waals surface area contributed by atoms with E-state index in [4.69, 9.17) is 9.47 Å². The fourth-order valence-electron chi connectivity index (χ4n) is 0.696. The van der Waals surface area contributed by atoms with Crippen LogP contribution in [-0.4, -0.2) is 37.6 Å². The molecule has 0 saturated carbocycles. The number of ether oxygens (including phenoxy) is 2. The lowest BCUT2D eigenvalue weighted by Crippen LogP contribution is -2.26. The molecule has 0 aliphatic carbocycles. The monoisotopic (exact) mass is 176 g/mol. The smallest absolute Gasteiger partial charge is 0.101 e. The first-order chi connectivity index (χ1) is 5.57. The standard InChI is InChI=1S/C9H20O3/c1-7(2)8(3)12-6-9(10)5-11-4/h7-10H,5-6H2,1-4H3. The van der Waals surface area contributed by atoms with Gasteiger partial charge < -0.3 is 14.6 Å². The van der Waals surface area contributed by atoms with Crippen LogP contribution in [0.3, 0.4) is 0 Å². The Morgan fingerprint density at radius 3 is 2.17 bits per heavy atom. The van der Waals surface area contributed by atoms with Crippen molar-refractivity contribution in [3.8, 4) is 0 Å². The molecular weight excluding hydrogens is 156 g/mol. The summed E-state index contributed by atoms with van der Waals surface area (Å²) in [7, 11) is 1.56. The molecule has 0 spiro atoms. The topological polar surface area (TPSA) is 38.7 Å². The van der Waals surface area contributed by atoms with Crippen molar-refractivity contribution >= 4 is 0 Å². The average molecular weight is 176 g/mol. The molecule has 0 heterocycles. The van der Waals surface area contributed by atoms with Crippen LogP contribution in [0.5, 0.6) is 0 Å². The molecular formula is C9H20O3. The van der Waals surface area contributed by atoms with Crippen molar-refractivity contribution in [3.63, 3.8) is 0 Å². The third-order valence-corrected chi connectivity index (χ3v) is 1.85. The van der Waals surface area contributed by atoms with Crippen LogP contribution in [0.1, 0.15) is 20.8 Å². The van der Waals surface area contributed by atoms with Gasteiger partial charge in [0.2, 0.25) is 0 Å². The van der Waals surface area contributed by atoms with Gasteiger partial charge in [0, 0.05) is 7.11 Å². The van der Waals surface area contributed by atoms with Crippen LogP contribution in [-0.2, 0) is 9.47 Å². The highest BCUT2D eigenvalue weighted by Crippen LogP contribution is 2.05. The largest absolute Gasteiger partial charge is 0.388 e. The number of hydrogen-bond acceptors (Lipinski definition) is 3. The molecule has 3 nitrogen and oxygen atoms in total. The Morgan fingerprint density at radius 1 is 1.17 bits per heavy atom. The second kappa shape index (κ2) is 6.40. The van der Waals surface area contributed by atoms with Gasteiger partial charge in [-0.15, -0.1) is 0 Å². The van der Waals surface area contributed by atoms with Gasteiger partial charge in [-0.25, -0.2) is 0 Å². The minimum absolute atomic E-state index is 0.191. The molecule has 0 fully saturated rings. The van der Waals surface area contributed by atoms with Crippen LogP contribution in [0.4, 0.5) is 0 Å². The summed E-state index contributed by atoms with van der Waals surface area (Å²) in [6.45, 7) is 6.88. The van der Waals surface area contributed by atoms with Crippen LogP contribution >= 0.6 is 0 Å². The van der Waals surface area contributed by atoms with Crippen molar-refractivity contribution in [1.82, 2.24) is 0 Å². The Labute approximate surface area is 74.7 Å². The summed E-state index contributed by atoms with van der Waals surface area (Å²) in [6, 6.07) is 0. The van der Waals surface area contributed by atoms with Crippen molar-refractivity contribution in [2.45, 2.75) is 33.0 Å². The van der Waals surface area contributed by atoms with E-state index >= 15 is 0 Å². The zero-order valence-electron chi connectivity index (χ0n) is 8.41. The number of methoxy groups -OCH3 is 1. The average Bonchev–Trinajstić information content (AvgIpc) is 2.00. The second-order valence-corrected chi connectivity index (χ2v) is 3.39. The van der Waals surface area contributed by atoms with Crippen LogP contribution in [0, 0.1) is 5.92 Å². The van der Waals surface area contributed by atoms with E-state index in [9.17, 15) is 5.11 Å². The molecule has 0 aliphatic heterocycles. The molecule has 74 valence electrons. The van der Waals surface area contributed by atoms with E-state index in [0.717, 1.165) is 0 Å². The SMILES string of the molecule is COCC(O)COC(C)C(C)C. The first kappa shape index (κ1) is 11.9. The van der Waals surface area contributed by atoms with Crippen molar-refractivity contribution < 1.29 is 14.6 Å². The maximum atomic E-state index is 9.23. The number of aliphatic hydroxyl groups excluding tert-OH is 1. The molecule has 0 aromatic rings. The third-order valence-electron chi connectivity index (χ3n) is 1.85. The highest BCUT2D eigenvalue weighted by Gasteiger charge is 2.10. The molecule has 0 saturated heterocycles. The predicted octanol–water partition coefficient (Wildman–Crippen LogP) is 1.05. The van der Waals surface area contributed by atoms with Crippen LogP contribution in [0.15, 0.2) is 0 Å². The Hall–Kier alpha value is -0.120. The van der Waals surface area contributed by atoms with Gasteiger partial charge >= 0.3 is 0 Å². The molecule has 1 N–H and O–H groups in total. The first-order valence-corrected chi connectivity index (χ1v) is 4.36. The summed E-state index contributed by atoms with van der Waals surface area (Å²) in [5.74, 6) is 0.486. The fraction of sp³-hybridized carbons (Fsp3) is 1.00. The van der Waals surface area contributed by atoms with E-state index in [-0.39, 0.29) is 6.10 Å². The highest BCUT2D eigenvalue weighted by atomic mass is 16.5. The van der Waals surface area contributed by atoms with E-state index in [0.29, 0.717) is 19.1 Å². The van der Waals surface area contributed by atoms with Crippen molar-refractivity contribution in [1.29, 1.82) is 0 Å². The number of aliphatic hydroxyl groups is 1. The van der Waals surface area contributed by atoms with Gasteiger partial charge in [-0.3, -0.25) is 0 Å². The summed E-state index contributed by atoms with van der Waals surface area (Å²) in [5.41, 5.74) is 0. The zero-order chi connectivity index (χ0) is 9.56. The molecule has 12 heavy (non-hydrogen) atoms. The third kappa shape index (κ3) is 5.52. The summed E-state index contributed by atoms with van der Waals surface area (Å²) >= 11 is 0. The lowest BCUT2D eigenvalue weighted by atomic mass is 10.1. The Bertz CT molecular complexity index is 104. The van der Waals surface area contributed by atoms with E-state index in [2.05, 4.69) is 13.8 Å². The Balaban J connectivity index is 3.40. The van der Waals surface area contributed by atoms with Gasteiger partial charge in [0.15, 0.2) is 0 Å². The van der Waals surface area contributed by atoms with Gasteiger partial charge in [-0.2, -0.15) is 0 Å². The van der Waals surface area contributed by atoms with E-state index in [1.807, 2.05) is 6.92 Å². The summed E-state index contributed by atoms with van der Waals surface area (Å²) in [5, 5.41) is 9.23. The first-order valence-electron chi connectivity index (χ1n) is 4.36. The van der Waals surface area contributed by atoms with E-state index < -0.39 is 6.10 Å². The van der Waals surface area contributed by atoms with Gasteiger partial charge in [-0.05, 0) is 12.8 Å². The maximum absolute atomic E-state index is 9.23. The normalized spacial score (nSPS) is 16.5. The fourth-order valence-corrected chi connectivity index (χ4v) is 0.696. The molecule has 0 radical (unpaired) electrons. The second-order valence-electron chi connectivity index (χ2n) is 3.39. The molecule has 0 rings (SSSR count). The zero-order valence-corrected chi connectivity index (χ0v) is 8.41. The lowest BCUT2D eigenvalue weighted by molar-refractivity contribution is -0.0433. The molecule has 0 aromatic carbocycles. The molecule has 0 amide bonds. The maximum Gasteiger partial charge on any atom is 0.101 e. The minimum atomic E-state index is -0.504. The van der Waals surface area contributed by atoms with Crippen LogP contribution in [0.25, 0.3) is 0 Å². The van der Waals surface area contributed by atoms with Gasteiger partial charge in [-0.1, -0.05) is 13.8 Å². The minimum Gasteiger partial charge on any atom is -0.388 e. The van der Waals surface area contributed by atoms with Crippen molar-refractivity contribution in [2.24, 2.45) is 5.92 Å². The Kier molecular flexibility index (Phi) is 6.34. The molecule has 0 aromatic heterocycles. The molecule has 2 atom stereocenters. The number of hydrogen-bond donors (Lipinski definition) is 1. The summed E-state index contributed by atoms with van der Waals surface area (Å²) in [4.78, 5) is 0. The van der Waals surface area contributed by atoms with Gasteiger partial charge in [0.05, 0.1) is 19.3 Å². The quantitative estimate of drug-likeness (QED) is 0.657. The van der Waals surface area contributed by atoms with E-state index in [1.165, 1.54) is 0 Å². The molecule has 2 unspecified atom stereocenters. The van der Waals surface area contributed by atoms with Gasteiger partial charge in [0.25, 0.3) is 0 Å².